The number of halogens is 1. The molecule has 0 saturated carbocycles. The van der Waals surface area contributed by atoms with Crippen LogP contribution in [-0.4, -0.2) is 20.4 Å². The minimum Gasteiger partial charge on any atom is -0.496 e. The van der Waals surface area contributed by atoms with Crippen molar-refractivity contribution < 1.29 is 9.47 Å². The second-order valence-corrected chi connectivity index (χ2v) is 10.0. The van der Waals surface area contributed by atoms with Crippen LogP contribution in [-0.2, 0) is 12.8 Å². The Balaban J connectivity index is 1.95. The van der Waals surface area contributed by atoms with Gasteiger partial charge in [0.2, 0.25) is 0 Å². The summed E-state index contributed by atoms with van der Waals surface area (Å²) in [5, 5.41) is 10.5. The average molecular weight is 461 g/mol. The lowest BCUT2D eigenvalue weighted by Gasteiger charge is -2.33. The van der Waals surface area contributed by atoms with Gasteiger partial charge in [0.05, 0.1) is 24.3 Å². The van der Waals surface area contributed by atoms with Crippen molar-refractivity contribution in [2.24, 2.45) is 16.3 Å². The highest BCUT2D eigenvalue weighted by Crippen LogP contribution is 2.45. The van der Waals surface area contributed by atoms with E-state index in [1.165, 1.54) is 10.4 Å². The van der Waals surface area contributed by atoms with Gasteiger partial charge in [0, 0.05) is 22.7 Å². The molecule has 2 aromatic rings. The third-order valence-electron chi connectivity index (χ3n) is 5.41. The van der Waals surface area contributed by atoms with Crippen LogP contribution in [0.1, 0.15) is 48.8 Å². The van der Waals surface area contributed by atoms with Gasteiger partial charge in [-0.2, -0.15) is 5.26 Å². The summed E-state index contributed by atoms with van der Waals surface area (Å²) in [7, 11) is 3.24. The molecule has 1 aliphatic carbocycles. The molecule has 0 unspecified atom stereocenters. The summed E-state index contributed by atoms with van der Waals surface area (Å²) in [6, 6.07) is 6.12. The zero-order valence-electron chi connectivity index (χ0n) is 16.9. The molecular formula is C22H25BrN2O2S. The fourth-order valence-electron chi connectivity index (χ4n) is 3.63. The maximum atomic E-state index is 9.73. The van der Waals surface area contributed by atoms with Gasteiger partial charge in [-0.05, 0) is 58.2 Å². The van der Waals surface area contributed by atoms with Gasteiger partial charge in [-0.15, -0.1) is 11.3 Å². The van der Waals surface area contributed by atoms with Crippen molar-refractivity contribution in [3.05, 3.63) is 38.2 Å². The van der Waals surface area contributed by atoms with Crippen molar-refractivity contribution in [1.29, 1.82) is 5.26 Å². The predicted molar refractivity (Wildman–Crippen MR) is 119 cm³/mol. The molecule has 0 fully saturated rings. The van der Waals surface area contributed by atoms with Crippen LogP contribution in [0.25, 0.3) is 0 Å². The van der Waals surface area contributed by atoms with Crippen LogP contribution in [0, 0.1) is 22.7 Å². The molecule has 0 amide bonds. The van der Waals surface area contributed by atoms with Gasteiger partial charge in [-0.25, -0.2) is 4.99 Å². The molecule has 6 heteroatoms. The van der Waals surface area contributed by atoms with Gasteiger partial charge >= 0.3 is 0 Å². The molecule has 0 spiro atoms. The van der Waals surface area contributed by atoms with Crippen molar-refractivity contribution in [3.63, 3.8) is 0 Å². The molecule has 28 heavy (non-hydrogen) atoms. The van der Waals surface area contributed by atoms with Crippen LogP contribution in [0.5, 0.6) is 11.5 Å². The number of fused-ring (bicyclic) bond motifs is 1. The van der Waals surface area contributed by atoms with Crippen LogP contribution < -0.4 is 9.47 Å². The predicted octanol–water partition coefficient (Wildman–Crippen LogP) is 6.30. The largest absolute Gasteiger partial charge is 0.496 e. The van der Waals surface area contributed by atoms with E-state index >= 15 is 0 Å². The lowest BCUT2D eigenvalue weighted by atomic mass is 9.72. The molecule has 0 radical (unpaired) electrons. The highest BCUT2D eigenvalue weighted by Gasteiger charge is 2.32. The number of ether oxygens (including phenoxy) is 2. The molecule has 0 bridgehead atoms. The van der Waals surface area contributed by atoms with Crippen molar-refractivity contribution in [3.8, 4) is 17.6 Å². The zero-order chi connectivity index (χ0) is 20.5. The summed E-state index contributed by atoms with van der Waals surface area (Å²) in [6.45, 7) is 6.90. The number of nitrogens with zero attached hydrogens (tertiary/aromatic N) is 2. The first-order valence-electron chi connectivity index (χ1n) is 9.28. The number of methoxy groups -OCH3 is 2. The first-order valence-corrected chi connectivity index (χ1v) is 10.9. The van der Waals surface area contributed by atoms with Crippen molar-refractivity contribution in [1.82, 2.24) is 0 Å². The van der Waals surface area contributed by atoms with Gasteiger partial charge in [-0.1, -0.05) is 20.8 Å². The van der Waals surface area contributed by atoms with E-state index in [0.29, 0.717) is 17.4 Å². The number of hydrogen-bond donors (Lipinski definition) is 0. The summed E-state index contributed by atoms with van der Waals surface area (Å²) >= 11 is 5.16. The Morgan fingerprint density at radius 1 is 1.25 bits per heavy atom. The third kappa shape index (κ3) is 4.11. The topological polar surface area (TPSA) is 54.6 Å². The van der Waals surface area contributed by atoms with E-state index in [9.17, 15) is 5.26 Å². The second-order valence-electron chi connectivity index (χ2n) is 8.09. The van der Waals surface area contributed by atoms with E-state index in [2.05, 4.69) is 47.8 Å². The summed E-state index contributed by atoms with van der Waals surface area (Å²) < 4.78 is 11.6. The lowest BCUT2D eigenvalue weighted by Crippen LogP contribution is -2.26. The maximum Gasteiger partial charge on any atom is 0.136 e. The van der Waals surface area contributed by atoms with E-state index in [0.717, 1.165) is 39.9 Å². The highest BCUT2D eigenvalue weighted by atomic mass is 79.9. The SMILES string of the molecule is COc1cc(OC)c(C=Nc2sc3c(c2C#N)CC[C@@H](C(C)(C)C)C3)cc1Br. The Bertz CT molecular complexity index is 951. The normalized spacial score (nSPS) is 16.7. The average Bonchev–Trinajstić information content (AvgIpc) is 3.02. The van der Waals surface area contributed by atoms with Crippen molar-refractivity contribution >= 4 is 38.5 Å². The molecule has 4 nitrogen and oxygen atoms in total. The number of benzene rings is 1. The third-order valence-corrected chi connectivity index (χ3v) is 7.19. The molecule has 148 valence electrons. The number of hydrogen-bond acceptors (Lipinski definition) is 5. The summed E-state index contributed by atoms with van der Waals surface area (Å²) in [6.07, 6.45) is 4.89. The molecule has 0 saturated heterocycles. The molecule has 1 heterocycles. The minimum atomic E-state index is 0.278. The van der Waals surface area contributed by atoms with E-state index in [1.807, 2.05) is 12.1 Å². The van der Waals surface area contributed by atoms with Gasteiger partial charge in [0.25, 0.3) is 0 Å². The number of nitriles is 1. The van der Waals surface area contributed by atoms with Gasteiger partial charge in [-0.3, -0.25) is 0 Å². The summed E-state index contributed by atoms with van der Waals surface area (Å²) in [4.78, 5) is 5.99. The van der Waals surface area contributed by atoms with Crippen LogP contribution in [0.3, 0.4) is 0 Å². The fourth-order valence-corrected chi connectivity index (χ4v) is 5.37. The van der Waals surface area contributed by atoms with Crippen LogP contribution in [0.4, 0.5) is 5.00 Å². The van der Waals surface area contributed by atoms with E-state index in [4.69, 9.17) is 9.47 Å². The Hall–Kier alpha value is -1.84. The first kappa shape index (κ1) is 20.9. The molecule has 0 aliphatic heterocycles. The van der Waals surface area contributed by atoms with E-state index in [1.54, 1.807) is 31.8 Å². The number of rotatable bonds is 4. The summed E-state index contributed by atoms with van der Waals surface area (Å²) in [5.74, 6) is 2.02. The maximum absolute atomic E-state index is 9.73. The molecule has 1 atom stereocenters. The Labute approximate surface area is 179 Å². The second kappa shape index (κ2) is 8.26. The van der Waals surface area contributed by atoms with Gasteiger partial charge in [0.15, 0.2) is 0 Å². The monoisotopic (exact) mass is 460 g/mol. The number of aliphatic imine (C=N–C) groups is 1. The minimum absolute atomic E-state index is 0.278. The molecular weight excluding hydrogens is 436 g/mol. The standard InChI is InChI=1S/C22H25BrN2O2S/c1-22(2,3)14-6-7-15-16(11-24)21(28-20(15)9-14)25-12-13-8-17(23)19(27-5)10-18(13)26-4/h8,10,12,14H,6-7,9H2,1-5H3/t14-/m1/s1. The van der Waals surface area contributed by atoms with Gasteiger partial charge < -0.3 is 9.47 Å². The smallest absolute Gasteiger partial charge is 0.136 e. The van der Waals surface area contributed by atoms with Gasteiger partial charge in [0.1, 0.15) is 22.6 Å². The van der Waals surface area contributed by atoms with E-state index in [-0.39, 0.29) is 5.41 Å². The van der Waals surface area contributed by atoms with E-state index < -0.39 is 0 Å². The Morgan fingerprint density at radius 3 is 2.57 bits per heavy atom. The molecule has 0 N–H and O–H groups in total. The summed E-state index contributed by atoms with van der Waals surface area (Å²) in [5.41, 5.74) is 3.04. The van der Waals surface area contributed by atoms with Crippen molar-refractivity contribution in [2.45, 2.75) is 40.0 Å². The quantitative estimate of drug-likeness (QED) is 0.502. The molecule has 3 rings (SSSR count). The Morgan fingerprint density at radius 2 is 1.96 bits per heavy atom. The zero-order valence-corrected chi connectivity index (χ0v) is 19.3. The Kier molecular flexibility index (Phi) is 6.16. The fraction of sp³-hybridized carbons (Fsp3) is 0.455. The molecule has 1 aromatic heterocycles. The van der Waals surface area contributed by atoms with Crippen LogP contribution >= 0.6 is 27.3 Å². The molecule has 1 aromatic carbocycles. The lowest BCUT2D eigenvalue weighted by molar-refractivity contribution is 0.218. The van der Waals surface area contributed by atoms with Crippen LogP contribution in [0.15, 0.2) is 21.6 Å². The van der Waals surface area contributed by atoms with Crippen LogP contribution in [0.2, 0.25) is 0 Å². The first-order chi connectivity index (χ1) is 13.3. The number of thiophene rings is 1. The van der Waals surface area contributed by atoms with Crippen molar-refractivity contribution in [2.75, 3.05) is 14.2 Å². The molecule has 1 aliphatic rings. The highest BCUT2D eigenvalue weighted by molar-refractivity contribution is 9.10.